The van der Waals surface area contributed by atoms with Gasteiger partial charge < -0.3 is 14.6 Å². The lowest BCUT2D eigenvalue weighted by atomic mass is 10.0. The molecule has 0 fully saturated rings. The highest BCUT2D eigenvalue weighted by atomic mass is 16.7. The van der Waals surface area contributed by atoms with Gasteiger partial charge in [0.25, 0.3) is 1.43 Å². The van der Waals surface area contributed by atoms with Crippen molar-refractivity contribution in [1.29, 1.82) is 1.43 Å². The van der Waals surface area contributed by atoms with Gasteiger partial charge in [0.05, 0.1) is 0 Å². The molecule has 0 unspecified atom stereocenters. The Morgan fingerprint density at radius 1 is 1.25 bits per heavy atom. The topological polar surface area (TPSA) is 55.8 Å². The lowest BCUT2D eigenvalue weighted by molar-refractivity contribution is 0.0511. The van der Waals surface area contributed by atoms with E-state index in [0.29, 0.717) is 17.1 Å². The van der Waals surface area contributed by atoms with Gasteiger partial charge >= 0.3 is 0 Å². The van der Waals surface area contributed by atoms with Crippen LogP contribution in [0.25, 0.3) is 0 Å². The Balaban J connectivity index is 2.02. The molecule has 2 aromatic rings. The zero-order valence-corrected chi connectivity index (χ0v) is 11.2. The standard InChI is InChI=1S/C16H16O4/c1-19-11-20-15-7-5-13(6-8-15)16(18)10-12-3-2-4-14(17)9-12/h2-9,17H,10-11H2,1H3/i/hT. The average molecular weight is 274 g/mol. The van der Waals surface area contributed by atoms with E-state index in [1.54, 1.807) is 49.6 Å². The molecule has 0 bridgehead atoms. The summed E-state index contributed by atoms with van der Waals surface area (Å²) in [5.74, 6) is 1.07. The molecule has 0 radical (unpaired) electrons. The number of methoxy groups -OCH3 is 1. The second kappa shape index (κ2) is 6.73. The van der Waals surface area contributed by atoms with Crippen molar-refractivity contribution in [3.63, 3.8) is 0 Å². The first-order chi connectivity index (χ1) is 10.2. The van der Waals surface area contributed by atoms with Gasteiger partial charge in [0.15, 0.2) is 12.6 Å². The minimum atomic E-state index is -0.00424. The Kier molecular flexibility index (Phi) is 4.27. The van der Waals surface area contributed by atoms with E-state index in [-0.39, 0.29) is 19.0 Å². The highest BCUT2D eigenvalue weighted by Crippen LogP contribution is 2.16. The van der Waals surface area contributed by atoms with E-state index in [1.165, 1.54) is 0 Å². The van der Waals surface area contributed by atoms with Crippen LogP contribution in [0.15, 0.2) is 48.5 Å². The van der Waals surface area contributed by atoms with E-state index >= 15 is 0 Å². The average Bonchev–Trinajstić information content (AvgIpc) is 2.53. The van der Waals surface area contributed by atoms with Crippen molar-refractivity contribution >= 4 is 5.78 Å². The number of phenolic OH excluding ortho intramolecular Hbond substituents is 1. The Hall–Kier alpha value is -2.33. The summed E-state index contributed by atoms with van der Waals surface area (Å²) >= 11 is 0. The van der Waals surface area contributed by atoms with Gasteiger partial charge in [-0.25, -0.2) is 0 Å². The maximum Gasteiger partial charge on any atom is 0.293 e. The van der Waals surface area contributed by atoms with Crippen LogP contribution in [0.2, 0.25) is 0 Å². The van der Waals surface area contributed by atoms with Crippen LogP contribution in [0.3, 0.4) is 0 Å². The summed E-state index contributed by atoms with van der Waals surface area (Å²) in [4.78, 5) is 12.2. The smallest absolute Gasteiger partial charge is 0.293 e. The molecule has 2 aromatic carbocycles. The highest BCUT2D eigenvalue weighted by Gasteiger charge is 2.07. The van der Waals surface area contributed by atoms with Crippen LogP contribution in [0.5, 0.6) is 11.5 Å². The molecule has 20 heavy (non-hydrogen) atoms. The third kappa shape index (κ3) is 3.83. The summed E-state index contributed by atoms with van der Waals surface area (Å²) in [6.07, 6.45) is 0.259. The summed E-state index contributed by atoms with van der Waals surface area (Å²) in [6, 6.07) is 13.8. The largest absolute Gasteiger partial charge is 0.508 e. The minimum Gasteiger partial charge on any atom is -0.508 e. The van der Waals surface area contributed by atoms with Crippen molar-refractivity contribution in [3.8, 4) is 11.5 Å². The van der Waals surface area contributed by atoms with E-state index in [9.17, 15) is 4.79 Å². The van der Waals surface area contributed by atoms with Gasteiger partial charge in [-0.2, -0.15) is 0 Å². The normalized spacial score (nSPS) is 10.8. The number of aromatic hydroxyl groups is 1. The molecular weight excluding hydrogens is 256 g/mol. The minimum absolute atomic E-state index is 0.00424. The first-order valence-electron chi connectivity index (χ1n) is 6.61. The predicted molar refractivity (Wildman–Crippen MR) is 75.1 cm³/mol. The molecule has 104 valence electrons. The maximum absolute atomic E-state index is 12.2. The molecule has 1 N–H and O–H groups in total. The summed E-state index contributed by atoms with van der Waals surface area (Å²) in [7, 11) is 1.55. The van der Waals surface area contributed by atoms with E-state index < -0.39 is 0 Å². The number of phenols is 1. The Morgan fingerprint density at radius 3 is 2.75 bits per heavy atom. The lowest BCUT2D eigenvalue weighted by Gasteiger charge is -2.06. The second-order valence-electron chi connectivity index (χ2n) is 4.32. The third-order valence-electron chi connectivity index (χ3n) is 2.78. The molecular formula is C16H16O4. The second-order valence-corrected chi connectivity index (χ2v) is 4.32. The molecule has 0 aromatic heterocycles. The number of hydrogen-bond donors (Lipinski definition) is 1. The molecule has 0 saturated carbocycles. The van der Waals surface area contributed by atoms with E-state index in [4.69, 9.17) is 10.9 Å². The number of carbonyl (C=O) groups is 1. The van der Waals surface area contributed by atoms with Crippen LogP contribution in [0, 0.1) is 0 Å². The van der Waals surface area contributed by atoms with Crippen molar-refractivity contribution in [2.75, 3.05) is 13.9 Å². The van der Waals surface area contributed by atoms with Gasteiger partial charge in [0.2, 0.25) is 0 Å². The lowest BCUT2D eigenvalue weighted by Crippen LogP contribution is -2.04. The fourth-order valence-electron chi connectivity index (χ4n) is 1.81. The molecule has 0 spiro atoms. The zero-order chi connectivity index (χ0) is 15.1. The Bertz CT molecular complexity index is 595. The van der Waals surface area contributed by atoms with Gasteiger partial charge in [0, 0.05) is 19.1 Å². The summed E-state index contributed by atoms with van der Waals surface area (Å²) in [5.41, 5.74) is 1.42. The SMILES string of the molecule is [3H]Oc1cccc(CC(=O)c2ccc(OCOC)cc2)c1. The number of Topliss-reactive ketones (excluding diaryl/α,β-unsaturated/α-hetero) is 1. The van der Waals surface area contributed by atoms with Crippen LogP contribution < -0.4 is 4.74 Å². The first-order valence-corrected chi connectivity index (χ1v) is 6.20. The number of ether oxygens (including phenoxy) is 2. The molecule has 0 aliphatic carbocycles. The molecule has 4 heteroatoms. The molecule has 0 aliphatic rings. The van der Waals surface area contributed by atoms with E-state index in [2.05, 4.69) is 5.11 Å². The van der Waals surface area contributed by atoms with E-state index in [1.807, 2.05) is 6.07 Å². The Morgan fingerprint density at radius 2 is 2.05 bits per heavy atom. The third-order valence-corrected chi connectivity index (χ3v) is 2.78. The fraction of sp³-hybridized carbons (Fsp3) is 0.188. The first kappa shape index (κ1) is 12.7. The number of benzene rings is 2. The number of rotatable bonds is 7. The molecule has 0 atom stereocenters. The van der Waals surface area contributed by atoms with Gasteiger partial charge in [-0.3, -0.25) is 4.79 Å². The van der Waals surface area contributed by atoms with Crippen LogP contribution in [-0.2, 0) is 11.2 Å². The van der Waals surface area contributed by atoms with Gasteiger partial charge in [-0.15, -0.1) is 0 Å². The molecule has 0 aliphatic heterocycles. The van der Waals surface area contributed by atoms with E-state index in [0.717, 1.165) is 5.56 Å². The molecule has 0 heterocycles. The predicted octanol–water partition coefficient (Wildman–Crippen LogP) is 2.80. The quantitative estimate of drug-likeness (QED) is 0.623. The van der Waals surface area contributed by atoms with Crippen molar-refractivity contribution in [2.24, 2.45) is 0 Å². The van der Waals surface area contributed by atoms with Crippen molar-refractivity contribution < 1.29 is 19.4 Å². The fourth-order valence-corrected chi connectivity index (χ4v) is 1.81. The number of ketones is 1. The van der Waals surface area contributed by atoms with Gasteiger partial charge in [0.1, 0.15) is 11.5 Å². The maximum atomic E-state index is 12.2. The van der Waals surface area contributed by atoms with Crippen LogP contribution >= 0.6 is 0 Å². The zero-order valence-electron chi connectivity index (χ0n) is 12.2. The van der Waals surface area contributed by atoms with Crippen molar-refractivity contribution in [2.45, 2.75) is 6.42 Å². The summed E-state index contributed by atoms with van der Waals surface area (Å²) < 4.78 is 16.9. The number of hydrogen-bond acceptors (Lipinski definition) is 4. The van der Waals surface area contributed by atoms with Crippen molar-refractivity contribution in [1.82, 2.24) is 0 Å². The van der Waals surface area contributed by atoms with Gasteiger partial charge in [-0.05, 0) is 42.0 Å². The monoisotopic (exact) mass is 274 g/mol. The molecule has 4 nitrogen and oxygen atoms in total. The van der Waals surface area contributed by atoms with Gasteiger partial charge in [-0.1, -0.05) is 12.1 Å². The number of carbonyl (C=O) groups excluding carboxylic acids is 1. The Labute approximate surface area is 119 Å². The van der Waals surface area contributed by atoms with Crippen LogP contribution in [-0.4, -0.2) is 26.2 Å². The molecule has 0 saturated heterocycles. The summed E-state index contributed by atoms with van der Waals surface area (Å²) in [5, 5.41) is 4.41. The van der Waals surface area contributed by atoms with Crippen molar-refractivity contribution in [3.05, 3.63) is 59.7 Å². The van der Waals surface area contributed by atoms with Crippen LogP contribution in [0.1, 0.15) is 15.9 Å². The molecule has 0 amide bonds. The highest BCUT2D eigenvalue weighted by molar-refractivity contribution is 5.97. The van der Waals surface area contributed by atoms with Crippen LogP contribution in [0.4, 0.5) is 0 Å². The molecule has 2 rings (SSSR count). The summed E-state index contributed by atoms with van der Waals surface area (Å²) in [6.45, 7) is 0.174.